The van der Waals surface area contributed by atoms with Gasteiger partial charge >= 0.3 is 0 Å². The number of morpholine rings is 1. The van der Waals surface area contributed by atoms with Crippen LogP contribution in [0.3, 0.4) is 0 Å². The minimum atomic E-state index is -1.02. The highest BCUT2D eigenvalue weighted by molar-refractivity contribution is 5.99. The lowest BCUT2D eigenvalue weighted by Crippen LogP contribution is -2.42. The number of para-hydroxylation sites is 1. The molecule has 3 N–H and O–H groups in total. The molecule has 0 saturated carbocycles. The molecular formula is C17H26N2O4. The number of rotatable bonds is 7. The molecule has 0 aliphatic carbocycles. The van der Waals surface area contributed by atoms with Crippen molar-refractivity contribution in [1.29, 1.82) is 0 Å². The van der Waals surface area contributed by atoms with Gasteiger partial charge in [0.15, 0.2) is 0 Å². The Balaban J connectivity index is 2.01. The first-order valence-corrected chi connectivity index (χ1v) is 8.07. The van der Waals surface area contributed by atoms with Gasteiger partial charge in [0, 0.05) is 31.9 Å². The summed E-state index contributed by atoms with van der Waals surface area (Å²) in [5.41, 5.74) is 0.474. The standard InChI is InChI=1S/C17H26N2O4/c1-17(22,7-4-10-20)13-18-16(21)14-5-2-3-6-15(14)19-8-11-23-12-9-19/h2-3,5-6,20,22H,4,7-13H2,1H3,(H,18,21). The molecule has 23 heavy (non-hydrogen) atoms. The second-order valence-corrected chi connectivity index (χ2v) is 6.12. The lowest BCUT2D eigenvalue weighted by molar-refractivity contribution is 0.0415. The fraction of sp³-hybridized carbons (Fsp3) is 0.588. The highest BCUT2D eigenvalue weighted by atomic mass is 16.5. The minimum absolute atomic E-state index is 0.0317. The maximum atomic E-state index is 12.5. The molecule has 1 fully saturated rings. The number of hydrogen-bond donors (Lipinski definition) is 3. The number of anilines is 1. The van der Waals surface area contributed by atoms with Gasteiger partial charge in [-0.3, -0.25) is 4.79 Å². The van der Waals surface area contributed by atoms with E-state index >= 15 is 0 Å². The number of ether oxygens (including phenoxy) is 1. The average Bonchev–Trinajstić information content (AvgIpc) is 2.59. The Bertz CT molecular complexity index is 513. The van der Waals surface area contributed by atoms with Crippen LogP contribution in [-0.4, -0.2) is 61.2 Å². The van der Waals surface area contributed by atoms with Gasteiger partial charge in [0.05, 0.1) is 24.4 Å². The summed E-state index contributed by atoms with van der Waals surface area (Å²) < 4.78 is 5.36. The molecule has 1 heterocycles. The van der Waals surface area contributed by atoms with Gasteiger partial charge < -0.3 is 25.2 Å². The number of nitrogens with zero attached hydrogens (tertiary/aromatic N) is 1. The predicted octanol–water partition coefficient (Wildman–Crippen LogP) is 0.776. The summed E-state index contributed by atoms with van der Waals surface area (Å²) in [7, 11) is 0. The molecule has 1 amide bonds. The summed E-state index contributed by atoms with van der Waals surface area (Å²) in [6.45, 7) is 4.69. The monoisotopic (exact) mass is 322 g/mol. The van der Waals surface area contributed by atoms with E-state index in [1.807, 2.05) is 18.2 Å². The van der Waals surface area contributed by atoms with Crippen molar-refractivity contribution in [3.63, 3.8) is 0 Å². The van der Waals surface area contributed by atoms with Gasteiger partial charge in [0.2, 0.25) is 0 Å². The largest absolute Gasteiger partial charge is 0.396 e. The summed E-state index contributed by atoms with van der Waals surface area (Å²) >= 11 is 0. The van der Waals surface area contributed by atoms with Crippen LogP contribution in [0.5, 0.6) is 0 Å². The second kappa shape index (κ2) is 8.29. The molecule has 1 aromatic rings. The number of carbonyl (C=O) groups excluding carboxylic acids is 1. The Morgan fingerprint density at radius 1 is 1.35 bits per heavy atom. The van der Waals surface area contributed by atoms with E-state index in [1.165, 1.54) is 0 Å². The molecule has 1 aliphatic heterocycles. The first-order valence-electron chi connectivity index (χ1n) is 8.07. The van der Waals surface area contributed by atoms with Crippen molar-refractivity contribution >= 4 is 11.6 Å². The maximum absolute atomic E-state index is 12.5. The van der Waals surface area contributed by atoms with Gasteiger partial charge in [0.25, 0.3) is 5.91 Å². The number of nitrogens with one attached hydrogen (secondary N) is 1. The van der Waals surface area contributed by atoms with E-state index in [9.17, 15) is 9.90 Å². The molecule has 1 saturated heterocycles. The third kappa shape index (κ3) is 5.20. The predicted molar refractivity (Wildman–Crippen MR) is 88.8 cm³/mol. The zero-order valence-electron chi connectivity index (χ0n) is 13.6. The average molecular weight is 322 g/mol. The quantitative estimate of drug-likeness (QED) is 0.691. The van der Waals surface area contributed by atoms with Crippen LogP contribution in [-0.2, 0) is 4.74 Å². The molecule has 0 bridgehead atoms. The van der Waals surface area contributed by atoms with Gasteiger partial charge in [0.1, 0.15) is 0 Å². The van der Waals surface area contributed by atoms with Gasteiger partial charge in [-0.25, -0.2) is 0 Å². The number of benzene rings is 1. The summed E-state index contributed by atoms with van der Waals surface area (Å²) in [5.74, 6) is -0.198. The molecule has 0 aromatic heterocycles. The van der Waals surface area contributed by atoms with Crippen LogP contribution in [0.2, 0.25) is 0 Å². The van der Waals surface area contributed by atoms with Crippen LogP contribution in [0.4, 0.5) is 5.69 Å². The molecule has 128 valence electrons. The van der Waals surface area contributed by atoms with Gasteiger partial charge in [-0.2, -0.15) is 0 Å². The fourth-order valence-corrected chi connectivity index (χ4v) is 2.66. The fourth-order valence-electron chi connectivity index (χ4n) is 2.66. The molecule has 2 rings (SSSR count). The highest BCUT2D eigenvalue weighted by Crippen LogP contribution is 2.21. The van der Waals surface area contributed by atoms with Crippen molar-refractivity contribution in [3.05, 3.63) is 29.8 Å². The van der Waals surface area contributed by atoms with E-state index in [-0.39, 0.29) is 19.1 Å². The van der Waals surface area contributed by atoms with E-state index < -0.39 is 5.60 Å². The highest BCUT2D eigenvalue weighted by Gasteiger charge is 2.23. The SMILES string of the molecule is CC(O)(CCCO)CNC(=O)c1ccccc1N1CCOCC1. The van der Waals surface area contributed by atoms with Crippen LogP contribution in [0.25, 0.3) is 0 Å². The van der Waals surface area contributed by atoms with Gasteiger partial charge in [-0.1, -0.05) is 12.1 Å². The summed E-state index contributed by atoms with van der Waals surface area (Å²) in [4.78, 5) is 14.6. The van der Waals surface area contributed by atoms with E-state index in [2.05, 4.69) is 10.2 Å². The molecule has 6 nitrogen and oxygen atoms in total. The van der Waals surface area contributed by atoms with Crippen LogP contribution < -0.4 is 10.2 Å². The number of amides is 1. The van der Waals surface area contributed by atoms with Gasteiger partial charge in [-0.05, 0) is 31.9 Å². The molecule has 1 aliphatic rings. The van der Waals surface area contributed by atoms with Gasteiger partial charge in [-0.15, -0.1) is 0 Å². The molecule has 0 spiro atoms. The Morgan fingerprint density at radius 3 is 2.74 bits per heavy atom. The number of carbonyl (C=O) groups is 1. The second-order valence-electron chi connectivity index (χ2n) is 6.12. The molecular weight excluding hydrogens is 296 g/mol. The van der Waals surface area contributed by atoms with Crippen molar-refractivity contribution in [2.24, 2.45) is 0 Å². The maximum Gasteiger partial charge on any atom is 0.253 e. The Kier molecular flexibility index (Phi) is 6.38. The normalized spacial score (nSPS) is 17.6. The lowest BCUT2D eigenvalue weighted by Gasteiger charge is -2.30. The van der Waals surface area contributed by atoms with Crippen LogP contribution in [0.1, 0.15) is 30.1 Å². The van der Waals surface area contributed by atoms with Crippen LogP contribution in [0, 0.1) is 0 Å². The Labute approximate surface area is 137 Å². The lowest BCUT2D eigenvalue weighted by atomic mass is 10.00. The molecule has 1 atom stereocenters. The first kappa shape index (κ1) is 17.7. The number of hydrogen-bond acceptors (Lipinski definition) is 5. The van der Waals surface area contributed by atoms with Crippen molar-refractivity contribution in [3.8, 4) is 0 Å². The summed E-state index contributed by atoms with van der Waals surface area (Å²) in [5, 5.41) is 21.9. The smallest absolute Gasteiger partial charge is 0.253 e. The number of aliphatic hydroxyl groups excluding tert-OH is 1. The first-order chi connectivity index (χ1) is 11.0. The van der Waals surface area contributed by atoms with Crippen LogP contribution in [0.15, 0.2) is 24.3 Å². The molecule has 0 radical (unpaired) electrons. The summed E-state index contributed by atoms with van der Waals surface area (Å²) in [6.07, 6.45) is 0.947. The third-order valence-electron chi connectivity index (χ3n) is 4.00. The molecule has 1 unspecified atom stereocenters. The van der Waals surface area contributed by atoms with Crippen molar-refractivity contribution in [2.45, 2.75) is 25.4 Å². The van der Waals surface area contributed by atoms with Crippen molar-refractivity contribution in [1.82, 2.24) is 5.32 Å². The van der Waals surface area contributed by atoms with E-state index in [1.54, 1.807) is 13.0 Å². The Morgan fingerprint density at radius 2 is 2.04 bits per heavy atom. The van der Waals surface area contributed by atoms with Crippen molar-refractivity contribution in [2.75, 3.05) is 44.4 Å². The molecule has 6 heteroatoms. The van der Waals surface area contributed by atoms with Crippen LogP contribution >= 0.6 is 0 Å². The van der Waals surface area contributed by atoms with Crippen molar-refractivity contribution < 1.29 is 19.7 Å². The van der Waals surface area contributed by atoms with E-state index in [0.29, 0.717) is 31.6 Å². The van der Waals surface area contributed by atoms with E-state index in [0.717, 1.165) is 18.8 Å². The van der Waals surface area contributed by atoms with E-state index in [4.69, 9.17) is 9.84 Å². The zero-order valence-corrected chi connectivity index (χ0v) is 13.6. The zero-order chi connectivity index (χ0) is 16.7. The minimum Gasteiger partial charge on any atom is -0.396 e. The molecule has 1 aromatic carbocycles. The number of aliphatic hydroxyl groups is 2. The Hall–Kier alpha value is -1.63. The third-order valence-corrected chi connectivity index (χ3v) is 4.00. The topological polar surface area (TPSA) is 82.0 Å². The summed E-state index contributed by atoms with van der Waals surface area (Å²) in [6, 6.07) is 7.48.